The molecule has 0 aliphatic rings. The van der Waals surface area contributed by atoms with Crippen LogP contribution in [0.4, 0.5) is 10.8 Å². The number of rotatable bonds is 4. The van der Waals surface area contributed by atoms with Crippen molar-refractivity contribution in [1.82, 2.24) is 4.98 Å². The predicted molar refractivity (Wildman–Crippen MR) is 89.7 cm³/mol. The molecule has 5 nitrogen and oxygen atoms in total. The highest BCUT2D eigenvalue weighted by Crippen LogP contribution is 2.16. The first-order valence-electron chi connectivity index (χ1n) is 6.67. The fourth-order valence-electron chi connectivity index (χ4n) is 1.72. The molecule has 2 aromatic carbocycles. The van der Waals surface area contributed by atoms with Crippen LogP contribution in [-0.4, -0.2) is 10.8 Å². The van der Waals surface area contributed by atoms with Crippen molar-refractivity contribution < 1.29 is 0 Å². The molecule has 22 heavy (non-hydrogen) atoms. The van der Waals surface area contributed by atoms with Gasteiger partial charge in [-0.15, -0.1) is 21.6 Å². The maximum absolute atomic E-state index is 4.35. The van der Waals surface area contributed by atoms with E-state index in [0.29, 0.717) is 11.0 Å². The van der Waals surface area contributed by atoms with Crippen LogP contribution in [0.15, 0.2) is 87.6 Å². The van der Waals surface area contributed by atoms with Gasteiger partial charge >= 0.3 is 0 Å². The van der Waals surface area contributed by atoms with Crippen molar-refractivity contribution in [1.29, 1.82) is 0 Å². The number of nitrogens with one attached hydrogen (secondary N) is 1. The van der Waals surface area contributed by atoms with Crippen LogP contribution in [0.1, 0.15) is 5.56 Å². The number of aromatic nitrogens is 1. The monoisotopic (exact) mass is 307 g/mol. The van der Waals surface area contributed by atoms with E-state index in [0.717, 1.165) is 11.3 Å². The Labute approximate surface area is 132 Å². The molecule has 0 unspecified atom stereocenters. The Morgan fingerprint density at radius 3 is 2.36 bits per heavy atom. The van der Waals surface area contributed by atoms with Crippen LogP contribution in [0.2, 0.25) is 0 Å². The second kappa shape index (κ2) is 7.24. The SMILES string of the molecule is c1ccc(NN=C(N=Nc2nccs2)c2ccccc2)cc1. The third-order valence-corrected chi connectivity index (χ3v) is 3.40. The number of hydrogen-bond donors (Lipinski definition) is 1. The molecular formula is C16H13N5S. The lowest BCUT2D eigenvalue weighted by atomic mass is 10.2. The molecule has 0 radical (unpaired) electrons. The molecule has 0 saturated carbocycles. The summed E-state index contributed by atoms with van der Waals surface area (Å²) < 4.78 is 0. The van der Waals surface area contributed by atoms with E-state index in [1.165, 1.54) is 11.3 Å². The maximum Gasteiger partial charge on any atom is 0.229 e. The van der Waals surface area contributed by atoms with Gasteiger partial charge in [0.15, 0.2) is 0 Å². The predicted octanol–water partition coefficient (Wildman–Crippen LogP) is 4.70. The Bertz CT molecular complexity index is 752. The minimum Gasteiger partial charge on any atom is -0.276 e. The van der Waals surface area contributed by atoms with Crippen molar-refractivity contribution in [3.8, 4) is 0 Å². The highest BCUT2D eigenvalue weighted by molar-refractivity contribution is 7.13. The molecule has 0 fully saturated rings. The molecule has 0 aliphatic heterocycles. The zero-order valence-corrected chi connectivity index (χ0v) is 12.4. The number of anilines is 1. The van der Waals surface area contributed by atoms with E-state index in [1.54, 1.807) is 6.20 Å². The first-order chi connectivity index (χ1) is 10.9. The van der Waals surface area contributed by atoms with Crippen molar-refractivity contribution in [3.05, 3.63) is 77.8 Å². The van der Waals surface area contributed by atoms with Crippen molar-refractivity contribution >= 4 is 28.0 Å². The first kappa shape index (κ1) is 14.1. The fourth-order valence-corrected chi connectivity index (χ4v) is 2.17. The van der Waals surface area contributed by atoms with E-state index in [4.69, 9.17) is 0 Å². The Morgan fingerprint density at radius 1 is 0.955 bits per heavy atom. The minimum atomic E-state index is 0.500. The Kier molecular flexibility index (Phi) is 4.63. The number of hydrogen-bond acceptors (Lipinski definition) is 5. The highest BCUT2D eigenvalue weighted by Gasteiger charge is 2.02. The molecule has 0 spiro atoms. The average molecular weight is 307 g/mol. The van der Waals surface area contributed by atoms with E-state index in [9.17, 15) is 0 Å². The van der Waals surface area contributed by atoms with Crippen LogP contribution in [0, 0.1) is 0 Å². The van der Waals surface area contributed by atoms with Crippen LogP contribution in [0.5, 0.6) is 0 Å². The summed E-state index contributed by atoms with van der Waals surface area (Å²) in [5.74, 6) is 0.500. The van der Waals surface area contributed by atoms with E-state index in [1.807, 2.05) is 66.0 Å². The van der Waals surface area contributed by atoms with Crippen molar-refractivity contribution in [2.45, 2.75) is 0 Å². The van der Waals surface area contributed by atoms with Gasteiger partial charge in [-0.1, -0.05) is 48.5 Å². The summed E-state index contributed by atoms with van der Waals surface area (Å²) in [6, 6.07) is 19.4. The molecule has 1 heterocycles. The van der Waals surface area contributed by atoms with E-state index in [-0.39, 0.29) is 0 Å². The number of hydrazone groups is 1. The Hall–Kier alpha value is -2.86. The Morgan fingerprint density at radius 2 is 1.68 bits per heavy atom. The van der Waals surface area contributed by atoms with Crippen LogP contribution in [0.3, 0.4) is 0 Å². The third kappa shape index (κ3) is 3.83. The molecule has 3 rings (SSSR count). The van der Waals surface area contributed by atoms with Gasteiger partial charge in [-0.2, -0.15) is 5.10 Å². The molecule has 0 amide bonds. The summed E-state index contributed by atoms with van der Waals surface area (Å²) in [5, 5.41) is 15.1. The summed E-state index contributed by atoms with van der Waals surface area (Å²) in [4.78, 5) is 4.08. The summed E-state index contributed by atoms with van der Waals surface area (Å²) in [7, 11) is 0. The van der Waals surface area contributed by atoms with Gasteiger partial charge in [0.1, 0.15) is 0 Å². The van der Waals surface area contributed by atoms with Crippen LogP contribution >= 0.6 is 11.3 Å². The van der Waals surface area contributed by atoms with E-state index in [2.05, 4.69) is 25.7 Å². The number of para-hydroxylation sites is 1. The fraction of sp³-hybridized carbons (Fsp3) is 0. The van der Waals surface area contributed by atoms with Gasteiger partial charge in [-0.25, -0.2) is 4.98 Å². The molecule has 0 bridgehead atoms. The van der Waals surface area contributed by atoms with Gasteiger partial charge in [-0.05, 0) is 12.1 Å². The van der Waals surface area contributed by atoms with Crippen LogP contribution in [-0.2, 0) is 0 Å². The van der Waals surface area contributed by atoms with Crippen molar-refractivity contribution in [2.24, 2.45) is 15.3 Å². The molecular weight excluding hydrogens is 294 g/mol. The van der Waals surface area contributed by atoms with Crippen LogP contribution < -0.4 is 5.43 Å². The zero-order valence-electron chi connectivity index (χ0n) is 11.6. The minimum absolute atomic E-state index is 0.500. The van der Waals surface area contributed by atoms with Gasteiger partial charge in [-0.3, -0.25) is 5.43 Å². The van der Waals surface area contributed by atoms with Crippen LogP contribution in [0.25, 0.3) is 0 Å². The molecule has 0 saturated heterocycles. The van der Waals surface area contributed by atoms with Gasteiger partial charge in [0.05, 0.1) is 5.69 Å². The molecule has 1 N–H and O–H groups in total. The second-order valence-electron chi connectivity index (χ2n) is 4.29. The number of benzene rings is 2. The third-order valence-electron chi connectivity index (χ3n) is 2.75. The summed E-state index contributed by atoms with van der Waals surface area (Å²) in [6.45, 7) is 0. The largest absolute Gasteiger partial charge is 0.276 e. The molecule has 0 atom stereocenters. The normalized spacial score (nSPS) is 11.7. The highest BCUT2D eigenvalue weighted by atomic mass is 32.1. The second-order valence-corrected chi connectivity index (χ2v) is 5.17. The summed E-state index contributed by atoms with van der Waals surface area (Å²) >= 11 is 1.43. The molecule has 0 aliphatic carbocycles. The van der Waals surface area contributed by atoms with E-state index >= 15 is 0 Å². The zero-order chi connectivity index (χ0) is 15.0. The first-order valence-corrected chi connectivity index (χ1v) is 7.55. The summed E-state index contributed by atoms with van der Waals surface area (Å²) in [5.41, 5.74) is 4.76. The van der Waals surface area contributed by atoms with Crippen molar-refractivity contribution in [2.75, 3.05) is 5.43 Å². The quantitative estimate of drug-likeness (QED) is 0.328. The van der Waals surface area contributed by atoms with Gasteiger partial charge in [0.25, 0.3) is 0 Å². The lowest BCUT2D eigenvalue weighted by Crippen LogP contribution is -2.00. The lowest BCUT2D eigenvalue weighted by molar-refractivity contribution is 1.20. The topological polar surface area (TPSA) is 62.0 Å². The molecule has 108 valence electrons. The smallest absolute Gasteiger partial charge is 0.229 e. The maximum atomic E-state index is 4.35. The number of azo groups is 1. The average Bonchev–Trinajstić information content (AvgIpc) is 3.10. The van der Waals surface area contributed by atoms with Gasteiger partial charge < -0.3 is 0 Å². The van der Waals surface area contributed by atoms with Gasteiger partial charge in [0, 0.05) is 17.1 Å². The van der Waals surface area contributed by atoms with Crippen molar-refractivity contribution in [3.63, 3.8) is 0 Å². The van der Waals surface area contributed by atoms with Gasteiger partial charge in [0.2, 0.25) is 11.0 Å². The number of thiazole rings is 1. The lowest BCUT2D eigenvalue weighted by Gasteiger charge is -2.02. The molecule has 1 aromatic heterocycles. The number of amidine groups is 1. The number of nitrogens with zero attached hydrogens (tertiary/aromatic N) is 4. The van der Waals surface area contributed by atoms with E-state index < -0.39 is 0 Å². The summed E-state index contributed by atoms with van der Waals surface area (Å²) in [6.07, 6.45) is 1.70. The molecule has 6 heteroatoms. The Balaban J connectivity index is 1.86. The molecule has 3 aromatic rings. The standard InChI is InChI=1S/C16H13N5S/c1-3-7-13(8-4-1)15(20-21-16-17-11-12-22-16)19-18-14-9-5-2-6-10-14/h1-12,18H.